The summed E-state index contributed by atoms with van der Waals surface area (Å²) in [4.78, 5) is 0.651. The minimum Gasteiger partial charge on any atom is -0.495 e. The monoisotopic (exact) mass is 271 g/mol. The minimum atomic E-state index is -1.23. The van der Waals surface area contributed by atoms with Crippen LogP contribution in [-0.4, -0.2) is 11.3 Å². The molecule has 0 fully saturated rings. The minimum absolute atomic E-state index is 0.310. The van der Waals surface area contributed by atoms with Gasteiger partial charge >= 0.3 is 0 Å². The fourth-order valence-electron chi connectivity index (χ4n) is 1.78. The highest BCUT2D eigenvalue weighted by Crippen LogP contribution is 2.24. The molecule has 0 saturated carbocycles. The lowest BCUT2D eigenvalue weighted by Crippen LogP contribution is -2.01. The van der Waals surface area contributed by atoms with Gasteiger partial charge in [-0.1, -0.05) is 30.3 Å². The van der Waals surface area contributed by atoms with E-state index in [4.69, 9.17) is 10.00 Å². The average Bonchev–Trinajstić information content (AvgIpc) is 2.47. The van der Waals surface area contributed by atoms with Crippen LogP contribution in [0.5, 0.6) is 5.75 Å². The van der Waals surface area contributed by atoms with Crippen LogP contribution in [0.2, 0.25) is 0 Å². The zero-order chi connectivity index (χ0) is 13.7. The van der Waals surface area contributed by atoms with Crippen molar-refractivity contribution >= 4 is 10.8 Å². The van der Waals surface area contributed by atoms with E-state index in [9.17, 15) is 4.21 Å². The predicted molar refractivity (Wildman–Crippen MR) is 74.3 cm³/mol. The molecule has 0 bridgehead atoms. The molecule has 2 aromatic carbocycles. The summed E-state index contributed by atoms with van der Waals surface area (Å²) < 4.78 is 17.6. The van der Waals surface area contributed by atoms with Gasteiger partial charge in [0.15, 0.2) is 0 Å². The number of para-hydroxylation sites is 1. The smallest absolute Gasteiger partial charge is 0.134 e. The molecule has 19 heavy (non-hydrogen) atoms. The Hall–Kier alpha value is -2.12. The van der Waals surface area contributed by atoms with E-state index in [-0.39, 0.29) is 0 Å². The SMILES string of the molecule is COc1ccccc1S(=O)Cc1ccccc1C#N. The molecule has 0 aromatic heterocycles. The molecule has 0 aliphatic carbocycles. The van der Waals surface area contributed by atoms with E-state index < -0.39 is 10.8 Å². The normalized spacial score (nSPS) is 11.6. The Kier molecular flexibility index (Phi) is 4.32. The van der Waals surface area contributed by atoms with E-state index in [0.29, 0.717) is 22.0 Å². The quantitative estimate of drug-likeness (QED) is 0.859. The Labute approximate surface area is 114 Å². The molecule has 1 unspecified atom stereocenters. The first-order valence-corrected chi connectivity index (χ1v) is 7.07. The zero-order valence-corrected chi connectivity index (χ0v) is 11.3. The third kappa shape index (κ3) is 3.01. The van der Waals surface area contributed by atoms with Crippen molar-refractivity contribution in [1.82, 2.24) is 0 Å². The van der Waals surface area contributed by atoms with Crippen molar-refractivity contribution in [3.8, 4) is 11.8 Å². The molecule has 0 heterocycles. The van der Waals surface area contributed by atoms with Crippen LogP contribution < -0.4 is 4.74 Å². The Morgan fingerprint density at radius 2 is 1.84 bits per heavy atom. The van der Waals surface area contributed by atoms with E-state index in [1.54, 1.807) is 31.4 Å². The van der Waals surface area contributed by atoms with Gasteiger partial charge in [0, 0.05) is 0 Å². The third-order valence-electron chi connectivity index (χ3n) is 2.74. The highest BCUT2D eigenvalue weighted by Gasteiger charge is 2.12. The average molecular weight is 271 g/mol. The van der Waals surface area contributed by atoms with Crippen LogP contribution in [0.1, 0.15) is 11.1 Å². The standard InChI is InChI=1S/C15H13NO2S/c1-18-14-8-4-5-9-15(14)19(17)11-13-7-3-2-6-12(13)10-16/h2-9H,11H2,1H3. The first kappa shape index (κ1) is 13.3. The van der Waals surface area contributed by atoms with E-state index in [0.717, 1.165) is 5.56 Å². The van der Waals surface area contributed by atoms with Crippen molar-refractivity contribution in [3.63, 3.8) is 0 Å². The largest absolute Gasteiger partial charge is 0.495 e. The molecular formula is C15H13NO2S. The summed E-state index contributed by atoms with van der Waals surface area (Å²) >= 11 is 0. The number of benzene rings is 2. The Morgan fingerprint density at radius 3 is 2.58 bits per heavy atom. The van der Waals surface area contributed by atoms with Gasteiger partial charge in [0.25, 0.3) is 0 Å². The first-order chi connectivity index (χ1) is 9.26. The number of nitrogens with zero attached hydrogens (tertiary/aromatic N) is 1. The van der Waals surface area contributed by atoms with Gasteiger partial charge in [0.2, 0.25) is 0 Å². The Balaban J connectivity index is 2.29. The number of hydrogen-bond acceptors (Lipinski definition) is 3. The van der Waals surface area contributed by atoms with Gasteiger partial charge in [-0.15, -0.1) is 0 Å². The maximum atomic E-state index is 12.4. The van der Waals surface area contributed by atoms with Crippen molar-refractivity contribution in [2.45, 2.75) is 10.6 Å². The van der Waals surface area contributed by atoms with Gasteiger partial charge in [0.05, 0.1) is 40.2 Å². The van der Waals surface area contributed by atoms with Crippen LogP contribution in [-0.2, 0) is 16.6 Å². The van der Waals surface area contributed by atoms with Gasteiger partial charge < -0.3 is 4.74 Å². The summed E-state index contributed by atoms with van der Waals surface area (Å²) in [6.07, 6.45) is 0. The third-order valence-corrected chi connectivity index (χ3v) is 4.14. The maximum Gasteiger partial charge on any atom is 0.134 e. The van der Waals surface area contributed by atoms with Crippen molar-refractivity contribution in [3.05, 3.63) is 59.7 Å². The summed E-state index contributed by atoms with van der Waals surface area (Å²) in [7, 11) is 0.321. The predicted octanol–water partition coefficient (Wildman–Crippen LogP) is 2.87. The highest BCUT2D eigenvalue weighted by molar-refractivity contribution is 7.84. The fourth-order valence-corrected chi connectivity index (χ4v) is 3.08. The summed E-state index contributed by atoms with van der Waals surface area (Å²) in [5.41, 5.74) is 1.35. The lowest BCUT2D eigenvalue weighted by Gasteiger charge is -2.08. The van der Waals surface area contributed by atoms with Gasteiger partial charge in [-0.05, 0) is 23.8 Å². The molecule has 0 N–H and O–H groups in total. The molecule has 0 radical (unpaired) electrons. The number of hydrogen-bond donors (Lipinski definition) is 0. The highest BCUT2D eigenvalue weighted by atomic mass is 32.2. The van der Waals surface area contributed by atoms with Crippen molar-refractivity contribution in [2.24, 2.45) is 0 Å². The summed E-state index contributed by atoms with van der Waals surface area (Å²) in [5.74, 6) is 0.916. The van der Waals surface area contributed by atoms with Crippen LogP contribution in [0.4, 0.5) is 0 Å². The number of ether oxygens (including phenoxy) is 1. The molecule has 4 heteroatoms. The van der Waals surface area contributed by atoms with Crippen LogP contribution in [0, 0.1) is 11.3 Å². The number of rotatable bonds is 4. The van der Waals surface area contributed by atoms with E-state index >= 15 is 0 Å². The lowest BCUT2D eigenvalue weighted by molar-refractivity contribution is 0.404. The van der Waals surface area contributed by atoms with E-state index in [1.807, 2.05) is 24.3 Å². The molecule has 2 rings (SSSR count). The van der Waals surface area contributed by atoms with E-state index in [2.05, 4.69) is 6.07 Å². The summed E-state index contributed by atoms with van der Waals surface area (Å²) in [6.45, 7) is 0. The fraction of sp³-hybridized carbons (Fsp3) is 0.133. The van der Waals surface area contributed by atoms with Gasteiger partial charge in [-0.3, -0.25) is 4.21 Å². The van der Waals surface area contributed by atoms with Crippen LogP contribution >= 0.6 is 0 Å². The molecule has 0 aliphatic rings. The molecule has 0 amide bonds. The number of nitriles is 1. The molecule has 0 saturated heterocycles. The maximum absolute atomic E-state index is 12.4. The molecule has 2 aromatic rings. The molecule has 1 atom stereocenters. The van der Waals surface area contributed by atoms with Crippen molar-refractivity contribution < 1.29 is 8.95 Å². The van der Waals surface area contributed by atoms with Gasteiger partial charge in [0.1, 0.15) is 5.75 Å². The van der Waals surface area contributed by atoms with Crippen LogP contribution in [0.15, 0.2) is 53.4 Å². The number of methoxy groups -OCH3 is 1. The van der Waals surface area contributed by atoms with Crippen molar-refractivity contribution in [1.29, 1.82) is 5.26 Å². The van der Waals surface area contributed by atoms with Crippen LogP contribution in [0.25, 0.3) is 0 Å². The molecule has 0 spiro atoms. The second kappa shape index (κ2) is 6.17. The molecular weight excluding hydrogens is 258 g/mol. The molecule has 0 aliphatic heterocycles. The zero-order valence-electron chi connectivity index (χ0n) is 10.5. The van der Waals surface area contributed by atoms with Gasteiger partial charge in [-0.25, -0.2) is 0 Å². The lowest BCUT2D eigenvalue weighted by atomic mass is 10.1. The Morgan fingerprint density at radius 1 is 1.16 bits per heavy atom. The molecule has 96 valence electrons. The second-order valence-electron chi connectivity index (χ2n) is 3.91. The van der Waals surface area contributed by atoms with Crippen molar-refractivity contribution in [2.75, 3.05) is 7.11 Å². The molecule has 3 nitrogen and oxygen atoms in total. The van der Waals surface area contributed by atoms with E-state index in [1.165, 1.54) is 0 Å². The topological polar surface area (TPSA) is 50.1 Å². The van der Waals surface area contributed by atoms with Crippen LogP contribution in [0.3, 0.4) is 0 Å². The Bertz CT molecular complexity index is 647. The van der Waals surface area contributed by atoms with Gasteiger partial charge in [-0.2, -0.15) is 5.26 Å². The first-order valence-electron chi connectivity index (χ1n) is 5.75. The summed E-state index contributed by atoms with van der Waals surface area (Å²) in [5, 5.41) is 9.03. The summed E-state index contributed by atoms with van der Waals surface area (Å²) in [6, 6.07) is 16.5. The second-order valence-corrected chi connectivity index (χ2v) is 5.33.